The Balaban J connectivity index is 2.07. The van der Waals surface area contributed by atoms with E-state index in [-0.39, 0.29) is 31.2 Å². The maximum atomic E-state index is 12.2. The van der Waals surface area contributed by atoms with Gasteiger partial charge in [-0.3, -0.25) is 14.2 Å². The van der Waals surface area contributed by atoms with E-state index in [0.717, 1.165) is 0 Å². The molecule has 8 heteroatoms. The van der Waals surface area contributed by atoms with Crippen molar-refractivity contribution in [2.24, 2.45) is 0 Å². The molecule has 0 bridgehead atoms. The third-order valence-corrected chi connectivity index (χ3v) is 3.85. The maximum absolute atomic E-state index is 12.2. The van der Waals surface area contributed by atoms with Crippen molar-refractivity contribution < 1.29 is 14.6 Å². The Morgan fingerprint density at radius 3 is 3.10 bits per heavy atom. The highest BCUT2D eigenvalue weighted by atomic mass is 32.1. The minimum atomic E-state index is -0.752. The summed E-state index contributed by atoms with van der Waals surface area (Å²) in [6.07, 6.45) is 0.622. The lowest BCUT2D eigenvalue weighted by Gasteiger charge is -2.20. The summed E-state index contributed by atoms with van der Waals surface area (Å²) in [6, 6.07) is 1.70. The number of hydrogen-bond donors (Lipinski definition) is 1. The predicted octanol–water partition coefficient (Wildman–Crippen LogP) is -0.0763. The molecule has 1 atom stereocenters. The van der Waals surface area contributed by atoms with E-state index in [4.69, 9.17) is 4.74 Å². The lowest BCUT2D eigenvalue weighted by molar-refractivity contribution is -0.132. The van der Waals surface area contributed by atoms with Crippen molar-refractivity contribution in [2.75, 3.05) is 27.3 Å². The summed E-state index contributed by atoms with van der Waals surface area (Å²) < 4.78 is 6.08. The first-order valence-corrected chi connectivity index (χ1v) is 7.24. The van der Waals surface area contributed by atoms with E-state index < -0.39 is 6.10 Å². The molecule has 2 aromatic heterocycles. The number of hydrogen-bond acceptors (Lipinski definition) is 6. The molecule has 0 aliphatic carbocycles. The number of aliphatic hydroxyl groups excluding tert-OH is 1. The van der Waals surface area contributed by atoms with Crippen LogP contribution in [0, 0.1) is 0 Å². The van der Waals surface area contributed by atoms with E-state index in [2.05, 4.69) is 4.98 Å². The topological polar surface area (TPSA) is 84.7 Å². The fraction of sp³-hybridized carbons (Fsp3) is 0.462. The van der Waals surface area contributed by atoms with Gasteiger partial charge in [-0.1, -0.05) is 0 Å². The van der Waals surface area contributed by atoms with E-state index >= 15 is 0 Å². The van der Waals surface area contributed by atoms with Crippen molar-refractivity contribution in [3.63, 3.8) is 0 Å². The Kier molecular flexibility index (Phi) is 5.05. The van der Waals surface area contributed by atoms with E-state index in [9.17, 15) is 14.7 Å². The Hall–Kier alpha value is -1.77. The summed E-state index contributed by atoms with van der Waals surface area (Å²) >= 11 is 1.38. The molecule has 2 heterocycles. The van der Waals surface area contributed by atoms with Gasteiger partial charge in [-0.05, 0) is 11.4 Å². The number of carbonyl (C=O) groups is 1. The van der Waals surface area contributed by atoms with Gasteiger partial charge < -0.3 is 14.7 Å². The SMILES string of the molecule is COCC(O)CN(C)C(=O)Cn1cnc2sccc2c1=O. The number of thiophene rings is 1. The number of methoxy groups -OCH3 is 1. The van der Waals surface area contributed by atoms with Crippen LogP contribution in [0.25, 0.3) is 10.2 Å². The molecule has 2 rings (SSSR count). The summed E-state index contributed by atoms with van der Waals surface area (Å²) in [7, 11) is 3.05. The van der Waals surface area contributed by atoms with Crippen LogP contribution in [0.3, 0.4) is 0 Å². The molecule has 1 unspecified atom stereocenters. The fourth-order valence-electron chi connectivity index (χ4n) is 1.94. The predicted molar refractivity (Wildman–Crippen MR) is 79.4 cm³/mol. The van der Waals surface area contributed by atoms with Crippen LogP contribution >= 0.6 is 11.3 Å². The third kappa shape index (κ3) is 3.66. The largest absolute Gasteiger partial charge is 0.389 e. The zero-order chi connectivity index (χ0) is 15.4. The molecule has 0 radical (unpaired) electrons. The van der Waals surface area contributed by atoms with Crippen molar-refractivity contribution in [1.82, 2.24) is 14.5 Å². The number of rotatable bonds is 6. The van der Waals surface area contributed by atoms with Gasteiger partial charge in [0.15, 0.2) is 0 Å². The van der Waals surface area contributed by atoms with Gasteiger partial charge in [0.2, 0.25) is 5.91 Å². The Morgan fingerprint density at radius 2 is 2.38 bits per heavy atom. The first-order chi connectivity index (χ1) is 10.0. The van der Waals surface area contributed by atoms with Crippen molar-refractivity contribution in [1.29, 1.82) is 0 Å². The molecule has 21 heavy (non-hydrogen) atoms. The Bertz CT molecular complexity index is 681. The number of ether oxygens (including phenoxy) is 1. The van der Waals surface area contributed by atoms with Gasteiger partial charge in [-0.15, -0.1) is 11.3 Å². The summed E-state index contributed by atoms with van der Waals surface area (Å²) in [5, 5.41) is 11.9. The van der Waals surface area contributed by atoms with Gasteiger partial charge in [0, 0.05) is 20.7 Å². The first kappa shape index (κ1) is 15.6. The second kappa shape index (κ2) is 6.79. The molecule has 7 nitrogen and oxygen atoms in total. The highest BCUT2D eigenvalue weighted by molar-refractivity contribution is 7.16. The van der Waals surface area contributed by atoms with Crippen LogP contribution in [-0.4, -0.2) is 58.9 Å². The monoisotopic (exact) mass is 311 g/mol. The number of nitrogens with zero attached hydrogens (tertiary/aromatic N) is 3. The Labute approximate surface area is 125 Å². The van der Waals surface area contributed by atoms with Crippen LogP contribution in [0.5, 0.6) is 0 Å². The van der Waals surface area contributed by atoms with E-state index in [1.807, 2.05) is 0 Å². The quantitative estimate of drug-likeness (QED) is 0.807. The molecule has 114 valence electrons. The lowest BCUT2D eigenvalue weighted by Crippen LogP contribution is -2.39. The van der Waals surface area contributed by atoms with Crippen molar-refractivity contribution in [2.45, 2.75) is 12.6 Å². The zero-order valence-electron chi connectivity index (χ0n) is 11.9. The van der Waals surface area contributed by atoms with Crippen LogP contribution in [0.2, 0.25) is 0 Å². The van der Waals surface area contributed by atoms with Crippen LogP contribution in [0.4, 0.5) is 0 Å². The molecule has 1 amide bonds. The summed E-state index contributed by atoms with van der Waals surface area (Å²) in [6.45, 7) is 0.198. The number of amides is 1. The lowest BCUT2D eigenvalue weighted by atomic mass is 10.3. The number of aliphatic hydroxyl groups is 1. The van der Waals surface area contributed by atoms with Gasteiger partial charge in [-0.2, -0.15) is 0 Å². The molecule has 0 saturated heterocycles. The second-order valence-electron chi connectivity index (χ2n) is 4.70. The van der Waals surface area contributed by atoms with Crippen LogP contribution in [-0.2, 0) is 16.1 Å². The minimum absolute atomic E-state index is 0.103. The molecule has 0 spiro atoms. The van der Waals surface area contributed by atoms with Gasteiger partial charge in [0.05, 0.1) is 24.4 Å². The number of aromatic nitrogens is 2. The van der Waals surface area contributed by atoms with E-state index in [1.54, 1.807) is 18.5 Å². The standard InChI is InChI=1S/C13H17N3O4S/c1-15(5-9(17)7-20-2)11(18)6-16-8-14-12-10(13(16)19)3-4-21-12/h3-4,8-9,17H,5-7H2,1-2H3. The molecule has 0 aliphatic heterocycles. The highest BCUT2D eigenvalue weighted by Gasteiger charge is 2.15. The van der Waals surface area contributed by atoms with Crippen molar-refractivity contribution in [3.05, 3.63) is 28.1 Å². The maximum Gasteiger partial charge on any atom is 0.262 e. The summed E-state index contributed by atoms with van der Waals surface area (Å²) in [5.41, 5.74) is -0.236. The van der Waals surface area contributed by atoms with Crippen LogP contribution in [0.15, 0.2) is 22.6 Å². The van der Waals surface area contributed by atoms with Crippen molar-refractivity contribution in [3.8, 4) is 0 Å². The normalized spacial score (nSPS) is 12.5. The average Bonchev–Trinajstić information content (AvgIpc) is 2.91. The van der Waals surface area contributed by atoms with Gasteiger partial charge >= 0.3 is 0 Å². The molecule has 2 aromatic rings. The average molecular weight is 311 g/mol. The van der Waals surface area contributed by atoms with E-state index in [0.29, 0.717) is 10.2 Å². The third-order valence-electron chi connectivity index (χ3n) is 3.03. The molecular formula is C13H17N3O4S. The highest BCUT2D eigenvalue weighted by Crippen LogP contribution is 2.13. The molecular weight excluding hydrogens is 294 g/mol. The fourth-order valence-corrected chi connectivity index (χ4v) is 2.66. The molecule has 0 aromatic carbocycles. The smallest absolute Gasteiger partial charge is 0.262 e. The number of carbonyl (C=O) groups excluding carboxylic acids is 1. The van der Waals surface area contributed by atoms with Crippen molar-refractivity contribution >= 4 is 27.5 Å². The summed E-state index contributed by atoms with van der Waals surface area (Å²) in [4.78, 5) is 30.4. The van der Waals surface area contributed by atoms with Crippen LogP contribution in [0.1, 0.15) is 0 Å². The second-order valence-corrected chi connectivity index (χ2v) is 5.60. The summed E-state index contributed by atoms with van der Waals surface area (Å²) in [5.74, 6) is -0.274. The van der Waals surface area contributed by atoms with Crippen LogP contribution < -0.4 is 5.56 Å². The number of likely N-dealkylation sites (N-methyl/N-ethyl adjacent to an activating group) is 1. The molecule has 0 aliphatic rings. The zero-order valence-corrected chi connectivity index (χ0v) is 12.7. The Morgan fingerprint density at radius 1 is 1.62 bits per heavy atom. The number of fused-ring (bicyclic) bond motifs is 1. The van der Waals surface area contributed by atoms with Gasteiger partial charge in [0.25, 0.3) is 5.56 Å². The van der Waals surface area contributed by atoms with E-state index in [1.165, 1.54) is 34.2 Å². The molecule has 0 fully saturated rings. The molecule has 0 saturated carbocycles. The van der Waals surface area contributed by atoms with Gasteiger partial charge in [0.1, 0.15) is 11.4 Å². The minimum Gasteiger partial charge on any atom is -0.389 e. The van der Waals surface area contributed by atoms with Gasteiger partial charge in [-0.25, -0.2) is 4.98 Å². The molecule has 1 N–H and O–H groups in total. The first-order valence-electron chi connectivity index (χ1n) is 6.36.